The Kier molecular flexibility index (Phi) is 3.39. The van der Waals surface area contributed by atoms with Crippen LogP contribution in [0, 0.1) is 22.7 Å². The van der Waals surface area contributed by atoms with Gasteiger partial charge in [-0.15, -0.1) is 0 Å². The zero-order chi connectivity index (χ0) is 12.8. The van der Waals surface area contributed by atoms with Crippen LogP contribution in [0.15, 0.2) is 0 Å². The highest BCUT2D eigenvalue weighted by Crippen LogP contribution is 2.66. The van der Waals surface area contributed by atoms with Crippen molar-refractivity contribution in [3.05, 3.63) is 0 Å². The fourth-order valence-corrected chi connectivity index (χ4v) is 3.01. The highest BCUT2D eigenvalue weighted by atomic mass is 19.4. The van der Waals surface area contributed by atoms with Crippen LogP contribution in [0.5, 0.6) is 0 Å². The van der Waals surface area contributed by atoms with Crippen LogP contribution in [-0.4, -0.2) is 6.18 Å². The SMILES string of the molecule is CCC1(C(C)C(F)(F)F)CC1CC(C)(C)C. The average Bonchev–Trinajstić information content (AvgIpc) is 2.73. The fraction of sp³-hybridized carbons (Fsp3) is 1.00. The molecule has 1 saturated carbocycles. The summed E-state index contributed by atoms with van der Waals surface area (Å²) < 4.78 is 38.3. The molecule has 0 bridgehead atoms. The first-order chi connectivity index (χ1) is 7.03. The second-order valence-corrected chi connectivity index (χ2v) is 6.52. The number of hydrogen-bond donors (Lipinski definition) is 0. The minimum atomic E-state index is -4.04. The van der Waals surface area contributed by atoms with Crippen molar-refractivity contribution >= 4 is 0 Å². The Bertz CT molecular complexity index is 249. The predicted octanol–water partition coefficient (Wildman–Crippen LogP) is 5.04. The van der Waals surface area contributed by atoms with E-state index >= 15 is 0 Å². The Morgan fingerprint density at radius 1 is 1.25 bits per heavy atom. The van der Waals surface area contributed by atoms with Crippen LogP contribution in [0.25, 0.3) is 0 Å². The minimum Gasteiger partial charge on any atom is -0.171 e. The second kappa shape index (κ2) is 3.92. The van der Waals surface area contributed by atoms with Crippen molar-refractivity contribution in [2.75, 3.05) is 0 Å². The van der Waals surface area contributed by atoms with E-state index in [1.54, 1.807) is 0 Å². The Hall–Kier alpha value is -0.210. The molecule has 0 N–H and O–H groups in total. The summed E-state index contributed by atoms with van der Waals surface area (Å²) in [4.78, 5) is 0. The maximum absolute atomic E-state index is 12.8. The molecule has 1 aliphatic rings. The van der Waals surface area contributed by atoms with Gasteiger partial charge in [-0.05, 0) is 36.0 Å². The van der Waals surface area contributed by atoms with Gasteiger partial charge in [0.2, 0.25) is 0 Å². The van der Waals surface area contributed by atoms with E-state index in [2.05, 4.69) is 20.8 Å². The molecule has 1 fully saturated rings. The molecule has 0 spiro atoms. The van der Waals surface area contributed by atoms with Crippen LogP contribution in [0.3, 0.4) is 0 Å². The van der Waals surface area contributed by atoms with Gasteiger partial charge < -0.3 is 0 Å². The molecule has 96 valence electrons. The molecular weight excluding hydrogens is 213 g/mol. The van der Waals surface area contributed by atoms with E-state index < -0.39 is 17.5 Å². The van der Waals surface area contributed by atoms with Gasteiger partial charge in [0.25, 0.3) is 0 Å². The highest BCUT2D eigenvalue weighted by molar-refractivity contribution is 5.06. The first-order valence-corrected chi connectivity index (χ1v) is 6.09. The molecule has 0 radical (unpaired) electrons. The molecule has 0 aromatic heterocycles. The van der Waals surface area contributed by atoms with Crippen molar-refractivity contribution in [3.8, 4) is 0 Å². The van der Waals surface area contributed by atoms with E-state index in [-0.39, 0.29) is 11.3 Å². The van der Waals surface area contributed by atoms with Crippen molar-refractivity contribution in [2.24, 2.45) is 22.7 Å². The summed E-state index contributed by atoms with van der Waals surface area (Å²) in [6.07, 6.45) is -1.74. The highest BCUT2D eigenvalue weighted by Gasteiger charge is 2.63. The van der Waals surface area contributed by atoms with Gasteiger partial charge >= 0.3 is 6.18 Å². The molecule has 16 heavy (non-hydrogen) atoms. The zero-order valence-corrected chi connectivity index (χ0v) is 10.9. The third kappa shape index (κ3) is 2.72. The maximum Gasteiger partial charge on any atom is 0.392 e. The predicted molar refractivity (Wildman–Crippen MR) is 60.1 cm³/mol. The summed E-state index contributed by atoms with van der Waals surface area (Å²) >= 11 is 0. The second-order valence-electron chi connectivity index (χ2n) is 6.52. The number of rotatable bonds is 3. The van der Waals surface area contributed by atoms with Crippen molar-refractivity contribution < 1.29 is 13.2 Å². The number of alkyl halides is 3. The summed E-state index contributed by atoms with van der Waals surface area (Å²) in [5.41, 5.74) is -0.335. The molecule has 0 aliphatic heterocycles. The molecule has 0 nitrogen and oxygen atoms in total. The summed E-state index contributed by atoms with van der Waals surface area (Å²) in [6, 6.07) is 0. The lowest BCUT2D eigenvalue weighted by Crippen LogP contribution is -2.30. The van der Waals surface area contributed by atoms with E-state index in [1.165, 1.54) is 6.92 Å². The number of hydrogen-bond acceptors (Lipinski definition) is 0. The Balaban J connectivity index is 2.71. The van der Waals surface area contributed by atoms with Crippen molar-refractivity contribution in [3.63, 3.8) is 0 Å². The number of halogens is 3. The van der Waals surface area contributed by atoms with Crippen LogP contribution in [-0.2, 0) is 0 Å². The van der Waals surface area contributed by atoms with Crippen molar-refractivity contribution in [1.29, 1.82) is 0 Å². The normalized spacial score (nSPS) is 32.6. The van der Waals surface area contributed by atoms with Gasteiger partial charge in [-0.1, -0.05) is 34.6 Å². The topological polar surface area (TPSA) is 0 Å². The van der Waals surface area contributed by atoms with Gasteiger partial charge in [-0.2, -0.15) is 13.2 Å². The van der Waals surface area contributed by atoms with E-state index in [9.17, 15) is 13.2 Å². The Morgan fingerprint density at radius 3 is 2.06 bits per heavy atom. The fourth-order valence-electron chi connectivity index (χ4n) is 3.01. The molecular formula is C13H23F3. The quantitative estimate of drug-likeness (QED) is 0.644. The molecule has 0 saturated heterocycles. The standard InChI is InChI=1S/C13H23F3/c1-6-12(9(2)13(14,15)16)8-10(12)7-11(3,4)5/h9-10H,6-8H2,1-5H3. The van der Waals surface area contributed by atoms with E-state index in [0.717, 1.165) is 12.8 Å². The average molecular weight is 236 g/mol. The third-order valence-electron chi connectivity index (χ3n) is 4.15. The molecule has 0 heterocycles. The molecule has 0 amide bonds. The zero-order valence-electron chi connectivity index (χ0n) is 10.9. The van der Waals surface area contributed by atoms with Crippen LogP contribution in [0.2, 0.25) is 0 Å². The summed E-state index contributed by atoms with van der Waals surface area (Å²) in [7, 11) is 0. The van der Waals surface area contributed by atoms with Crippen molar-refractivity contribution in [2.45, 2.75) is 60.1 Å². The molecule has 3 atom stereocenters. The largest absolute Gasteiger partial charge is 0.392 e. The van der Waals surface area contributed by atoms with Crippen molar-refractivity contribution in [1.82, 2.24) is 0 Å². The molecule has 3 unspecified atom stereocenters. The van der Waals surface area contributed by atoms with Gasteiger partial charge in [0, 0.05) is 0 Å². The van der Waals surface area contributed by atoms with Crippen LogP contribution in [0.4, 0.5) is 13.2 Å². The molecule has 0 aromatic carbocycles. The summed E-state index contributed by atoms with van der Waals surface area (Å²) in [5, 5.41) is 0. The van der Waals surface area contributed by atoms with E-state index in [1.807, 2.05) is 6.92 Å². The van der Waals surface area contributed by atoms with E-state index in [4.69, 9.17) is 0 Å². The minimum absolute atomic E-state index is 0.132. The lowest BCUT2D eigenvalue weighted by Gasteiger charge is -2.28. The molecule has 0 aromatic rings. The first kappa shape index (κ1) is 13.9. The first-order valence-electron chi connectivity index (χ1n) is 6.09. The lowest BCUT2D eigenvalue weighted by molar-refractivity contribution is -0.190. The van der Waals surface area contributed by atoms with E-state index in [0.29, 0.717) is 6.42 Å². The summed E-state index contributed by atoms with van der Waals surface area (Å²) in [6.45, 7) is 9.55. The van der Waals surface area contributed by atoms with Gasteiger partial charge in [-0.3, -0.25) is 0 Å². The maximum atomic E-state index is 12.8. The van der Waals surface area contributed by atoms with Crippen LogP contribution >= 0.6 is 0 Å². The van der Waals surface area contributed by atoms with Gasteiger partial charge in [0.05, 0.1) is 5.92 Å². The Morgan fingerprint density at radius 2 is 1.75 bits per heavy atom. The molecule has 1 aliphatic carbocycles. The summed E-state index contributed by atoms with van der Waals surface area (Å²) in [5.74, 6) is -0.897. The van der Waals surface area contributed by atoms with Gasteiger partial charge in [0.1, 0.15) is 0 Å². The van der Waals surface area contributed by atoms with Crippen LogP contribution in [0.1, 0.15) is 53.9 Å². The molecule has 3 heteroatoms. The monoisotopic (exact) mass is 236 g/mol. The van der Waals surface area contributed by atoms with Crippen LogP contribution < -0.4 is 0 Å². The smallest absolute Gasteiger partial charge is 0.171 e. The lowest BCUT2D eigenvalue weighted by atomic mass is 9.80. The molecule has 1 rings (SSSR count). The van der Waals surface area contributed by atoms with Gasteiger partial charge in [0.15, 0.2) is 0 Å². The Labute approximate surface area is 96.6 Å². The third-order valence-corrected chi connectivity index (χ3v) is 4.15. The van der Waals surface area contributed by atoms with Gasteiger partial charge in [-0.25, -0.2) is 0 Å².